The predicted molar refractivity (Wildman–Crippen MR) is 160 cm³/mol. The first-order valence-corrected chi connectivity index (χ1v) is 14.5. The van der Waals surface area contributed by atoms with E-state index in [2.05, 4.69) is 76.5 Å². The van der Waals surface area contributed by atoms with E-state index in [9.17, 15) is 9.90 Å². The summed E-state index contributed by atoms with van der Waals surface area (Å²) < 4.78 is 0. The number of hydrogen-bond donors (Lipinski definition) is 2. The molecule has 1 aliphatic carbocycles. The number of allylic oxidation sites excluding steroid dienone is 1. The van der Waals surface area contributed by atoms with Gasteiger partial charge in [-0.2, -0.15) is 0 Å². The Morgan fingerprint density at radius 1 is 0.846 bits per heavy atom. The minimum Gasteiger partial charge on any atom is -0.480 e. The molecule has 5 nitrogen and oxygen atoms in total. The van der Waals surface area contributed by atoms with Crippen LogP contribution in [0.25, 0.3) is 11.1 Å². The van der Waals surface area contributed by atoms with Gasteiger partial charge in [-0.15, -0.1) is 0 Å². The molecule has 0 aromatic heterocycles. The van der Waals surface area contributed by atoms with Crippen LogP contribution in [0.15, 0.2) is 72.8 Å². The number of carbonyl (C=O) groups is 1. The molecule has 2 heterocycles. The van der Waals surface area contributed by atoms with E-state index in [0.29, 0.717) is 0 Å². The number of aryl methyl sites for hydroxylation is 1. The van der Waals surface area contributed by atoms with Crippen molar-refractivity contribution in [2.24, 2.45) is 5.41 Å². The van der Waals surface area contributed by atoms with Gasteiger partial charge in [-0.3, -0.25) is 9.69 Å². The number of likely N-dealkylation sites (tertiary alicyclic amines) is 1. The van der Waals surface area contributed by atoms with Gasteiger partial charge in [0.15, 0.2) is 0 Å². The van der Waals surface area contributed by atoms with E-state index in [1.807, 2.05) is 6.07 Å². The van der Waals surface area contributed by atoms with Crippen molar-refractivity contribution in [2.75, 3.05) is 43.4 Å². The summed E-state index contributed by atoms with van der Waals surface area (Å²) in [4.78, 5) is 16.0. The van der Waals surface area contributed by atoms with Crippen molar-refractivity contribution in [2.45, 2.75) is 44.9 Å². The average Bonchev–Trinajstić information content (AvgIpc) is 3.12. The number of aliphatic carboxylic acids is 1. The molecule has 0 amide bonds. The minimum atomic E-state index is -0.720. The number of rotatable bonds is 5. The molecule has 2 aliphatic heterocycles. The molecule has 1 spiro atoms. The van der Waals surface area contributed by atoms with E-state index in [1.54, 1.807) is 0 Å². The van der Waals surface area contributed by atoms with Crippen LogP contribution in [-0.2, 0) is 11.2 Å². The number of piperidine rings is 2. The molecule has 39 heavy (non-hydrogen) atoms. The highest BCUT2D eigenvalue weighted by molar-refractivity contribution is 6.00. The third kappa shape index (κ3) is 5.46. The zero-order valence-corrected chi connectivity index (χ0v) is 22.7. The summed E-state index contributed by atoms with van der Waals surface area (Å²) in [5, 5.41) is 9.34. The molecule has 1 atom stereocenters. The molecule has 2 fully saturated rings. The van der Waals surface area contributed by atoms with Gasteiger partial charge in [0.1, 0.15) is 0 Å². The number of fused-ring (bicyclic) bond motifs is 1. The van der Waals surface area contributed by atoms with Gasteiger partial charge in [-0.1, -0.05) is 48.5 Å². The standard InChI is InChI=1S/C34H39N3O2/c35-28-13-16-31-27(21-28)9-4-10-30(25-7-2-1-3-8-25)33(31)26-11-14-29(15-12-26)37-20-6-18-34(24-37)17-5-19-36(23-34)22-32(38)39/h1-3,7-8,11-16,21H,4-6,9-10,17-20,22-24,35H2,(H,38,39). The quantitative estimate of drug-likeness (QED) is 0.384. The Kier molecular flexibility index (Phi) is 7.18. The van der Waals surface area contributed by atoms with Crippen LogP contribution in [0, 0.1) is 5.41 Å². The number of carboxylic acids is 1. The maximum absolute atomic E-state index is 11.4. The lowest BCUT2D eigenvalue weighted by molar-refractivity contribution is -0.139. The van der Waals surface area contributed by atoms with Gasteiger partial charge in [-0.25, -0.2) is 0 Å². The fourth-order valence-corrected chi connectivity index (χ4v) is 7.30. The van der Waals surface area contributed by atoms with Crippen molar-refractivity contribution in [1.82, 2.24) is 4.90 Å². The molecule has 3 aromatic carbocycles. The van der Waals surface area contributed by atoms with Crippen LogP contribution in [0.3, 0.4) is 0 Å². The lowest BCUT2D eigenvalue weighted by Gasteiger charge is -2.49. The largest absolute Gasteiger partial charge is 0.480 e. The fourth-order valence-electron chi connectivity index (χ4n) is 7.30. The molecular weight excluding hydrogens is 482 g/mol. The van der Waals surface area contributed by atoms with Crippen LogP contribution in [-0.4, -0.2) is 48.7 Å². The first-order chi connectivity index (χ1) is 19.0. The van der Waals surface area contributed by atoms with E-state index in [0.717, 1.165) is 64.0 Å². The Hall–Kier alpha value is -3.57. The molecule has 2 saturated heterocycles. The van der Waals surface area contributed by atoms with Crippen LogP contribution >= 0.6 is 0 Å². The smallest absolute Gasteiger partial charge is 0.317 e. The highest BCUT2D eigenvalue weighted by Gasteiger charge is 2.39. The summed E-state index contributed by atoms with van der Waals surface area (Å²) in [6, 6.07) is 26.4. The first kappa shape index (κ1) is 25.7. The summed E-state index contributed by atoms with van der Waals surface area (Å²) in [6.45, 7) is 4.00. The van der Waals surface area contributed by atoms with E-state index >= 15 is 0 Å². The second-order valence-electron chi connectivity index (χ2n) is 11.8. The third-order valence-electron chi connectivity index (χ3n) is 8.98. The normalized spacial score (nSPS) is 22.0. The molecule has 1 unspecified atom stereocenters. The first-order valence-electron chi connectivity index (χ1n) is 14.5. The molecule has 3 aromatic rings. The number of nitrogen functional groups attached to an aromatic ring is 1. The summed E-state index contributed by atoms with van der Waals surface area (Å²) in [6.07, 6.45) is 7.79. The fraction of sp³-hybridized carbons (Fsp3) is 0.382. The van der Waals surface area contributed by atoms with Gasteiger partial charge in [0.05, 0.1) is 6.54 Å². The van der Waals surface area contributed by atoms with Crippen LogP contribution in [0.2, 0.25) is 0 Å². The molecular formula is C34H39N3O2. The van der Waals surface area contributed by atoms with E-state index in [-0.39, 0.29) is 12.0 Å². The number of anilines is 2. The Bertz CT molecular complexity index is 1360. The van der Waals surface area contributed by atoms with Gasteiger partial charge < -0.3 is 15.7 Å². The van der Waals surface area contributed by atoms with Gasteiger partial charge in [0.2, 0.25) is 0 Å². The zero-order chi connectivity index (χ0) is 26.8. The van der Waals surface area contributed by atoms with E-state index < -0.39 is 5.97 Å². The highest BCUT2D eigenvalue weighted by Crippen LogP contribution is 2.42. The molecule has 0 saturated carbocycles. The van der Waals surface area contributed by atoms with Crippen LogP contribution in [0.4, 0.5) is 11.4 Å². The second kappa shape index (κ2) is 10.9. The number of carboxylic acid groups (broad SMARTS) is 1. The van der Waals surface area contributed by atoms with Crippen molar-refractivity contribution < 1.29 is 9.90 Å². The van der Waals surface area contributed by atoms with Crippen LogP contribution in [0.1, 0.15) is 60.8 Å². The molecule has 0 bridgehead atoms. The van der Waals surface area contributed by atoms with Crippen molar-refractivity contribution in [1.29, 1.82) is 0 Å². The Labute approximate surface area is 231 Å². The molecule has 0 radical (unpaired) electrons. The van der Waals surface area contributed by atoms with Crippen molar-refractivity contribution in [3.63, 3.8) is 0 Å². The lowest BCUT2D eigenvalue weighted by Crippen LogP contribution is -2.53. The SMILES string of the molecule is Nc1ccc2c(c1)CCCC(c1ccccc1)=C2c1ccc(N2CCCC3(CCCN(CC(=O)O)C3)C2)cc1. The summed E-state index contributed by atoms with van der Waals surface area (Å²) in [7, 11) is 0. The summed E-state index contributed by atoms with van der Waals surface area (Å²) in [5.74, 6) is -0.720. The predicted octanol–water partition coefficient (Wildman–Crippen LogP) is 6.33. The summed E-state index contributed by atoms with van der Waals surface area (Å²) in [5.41, 5.74) is 16.4. The van der Waals surface area contributed by atoms with Crippen LogP contribution < -0.4 is 10.6 Å². The van der Waals surface area contributed by atoms with Gasteiger partial charge in [0.25, 0.3) is 0 Å². The maximum atomic E-state index is 11.4. The highest BCUT2D eigenvalue weighted by atomic mass is 16.4. The number of hydrogen-bond acceptors (Lipinski definition) is 4. The monoisotopic (exact) mass is 521 g/mol. The second-order valence-corrected chi connectivity index (χ2v) is 11.8. The van der Waals surface area contributed by atoms with Crippen molar-refractivity contribution >= 4 is 28.5 Å². The number of nitrogens with two attached hydrogens (primary N) is 1. The van der Waals surface area contributed by atoms with Gasteiger partial charge in [0, 0.05) is 36.4 Å². The number of benzene rings is 3. The maximum Gasteiger partial charge on any atom is 0.317 e. The lowest BCUT2D eigenvalue weighted by atomic mass is 9.73. The molecule has 6 rings (SSSR count). The van der Waals surface area contributed by atoms with Gasteiger partial charge >= 0.3 is 5.97 Å². The molecule has 5 heteroatoms. The average molecular weight is 522 g/mol. The Balaban J connectivity index is 1.32. The topological polar surface area (TPSA) is 69.8 Å². The molecule has 3 N–H and O–H groups in total. The Morgan fingerprint density at radius 3 is 2.38 bits per heavy atom. The van der Waals surface area contributed by atoms with Crippen LogP contribution in [0.5, 0.6) is 0 Å². The van der Waals surface area contributed by atoms with Crippen molar-refractivity contribution in [3.05, 3.63) is 95.1 Å². The van der Waals surface area contributed by atoms with E-state index in [4.69, 9.17) is 5.73 Å². The molecule has 202 valence electrons. The minimum absolute atomic E-state index is 0.155. The van der Waals surface area contributed by atoms with Crippen molar-refractivity contribution in [3.8, 4) is 0 Å². The van der Waals surface area contributed by atoms with Gasteiger partial charge in [-0.05, 0) is 109 Å². The van der Waals surface area contributed by atoms with E-state index in [1.165, 1.54) is 51.9 Å². The summed E-state index contributed by atoms with van der Waals surface area (Å²) >= 11 is 0. The molecule has 3 aliphatic rings. The Morgan fingerprint density at radius 2 is 1.62 bits per heavy atom. The third-order valence-corrected chi connectivity index (χ3v) is 8.98. The zero-order valence-electron chi connectivity index (χ0n) is 22.7. The number of nitrogens with zero attached hydrogens (tertiary/aromatic N) is 2.